The molecule has 126 valence electrons. The van der Waals surface area contributed by atoms with Crippen LogP contribution < -0.4 is 29.6 Å². The third kappa shape index (κ3) is 4.05. The van der Waals surface area contributed by atoms with Crippen molar-refractivity contribution in [1.82, 2.24) is 0 Å². The van der Waals surface area contributed by atoms with Gasteiger partial charge in [0.15, 0.2) is 0 Å². The Morgan fingerprint density at radius 3 is 1.62 bits per heavy atom. The first-order valence-corrected chi connectivity index (χ1v) is 9.51. The molecule has 0 radical (unpaired) electrons. The van der Waals surface area contributed by atoms with Crippen molar-refractivity contribution in [3.05, 3.63) is 41.0 Å². The summed E-state index contributed by atoms with van der Waals surface area (Å²) in [6.07, 6.45) is 0. The van der Waals surface area contributed by atoms with Gasteiger partial charge in [-0.05, 0) is 39.8 Å². The Bertz CT molecular complexity index is 832. The van der Waals surface area contributed by atoms with E-state index >= 15 is 0 Å². The molecular weight excluding hydrogens is 331 g/mol. The third-order valence-corrected chi connectivity index (χ3v) is 5.25. The molecule has 0 aliphatic carbocycles. The summed E-state index contributed by atoms with van der Waals surface area (Å²) in [5.41, 5.74) is 2.70. The second kappa shape index (κ2) is 7.88. The Morgan fingerprint density at radius 1 is 0.792 bits per heavy atom. The van der Waals surface area contributed by atoms with Crippen molar-refractivity contribution in [1.29, 1.82) is 0 Å². The molecule has 5 heteroatoms. The second-order valence-corrected chi connectivity index (χ2v) is 8.39. The summed E-state index contributed by atoms with van der Waals surface area (Å²) in [6.45, 7) is 12.1. The minimum atomic E-state index is -4.55. The van der Waals surface area contributed by atoms with Gasteiger partial charge in [-0.15, -0.1) is 0 Å². The number of hydrogen-bond donors (Lipinski definition) is 0. The molecule has 0 aromatic heterocycles. The summed E-state index contributed by atoms with van der Waals surface area (Å²) in [5.74, 6) is 0.376. The zero-order valence-electron chi connectivity index (χ0n) is 15.7. The smallest absolute Gasteiger partial charge is 0.744 e. The molecule has 0 saturated carbocycles. The van der Waals surface area contributed by atoms with Crippen molar-refractivity contribution in [3.8, 4) is 0 Å². The first-order chi connectivity index (χ1) is 10.6. The van der Waals surface area contributed by atoms with Gasteiger partial charge in [-0.25, -0.2) is 8.42 Å². The maximum absolute atomic E-state index is 12.1. The maximum atomic E-state index is 12.1. The average molecular weight is 356 g/mol. The van der Waals surface area contributed by atoms with Gasteiger partial charge in [0.25, 0.3) is 0 Å². The van der Waals surface area contributed by atoms with Crippen LogP contribution in [-0.2, 0) is 10.1 Å². The SMILES string of the molecule is CC(C)c1ccc2ccc(C(C)C)c(S(=O)(=O)[O-])c2c1C(C)C.[Na+]. The van der Waals surface area contributed by atoms with Gasteiger partial charge in [-0.1, -0.05) is 65.8 Å². The average Bonchev–Trinajstić information content (AvgIpc) is 2.42. The predicted octanol–water partition coefficient (Wildman–Crippen LogP) is 2.12. The minimum Gasteiger partial charge on any atom is -0.744 e. The molecule has 0 N–H and O–H groups in total. The van der Waals surface area contributed by atoms with E-state index in [1.54, 1.807) is 6.07 Å². The van der Waals surface area contributed by atoms with Crippen molar-refractivity contribution >= 4 is 20.9 Å². The van der Waals surface area contributed by atoms with Crippen LogP contribution >= 0.6 is 0 Å². The topological polar surface area (TPSA) is 57.2 Å². The van der Waals surface area contributed by atoms with Gasteiger partial charge in [-0.2, -0.15) is 0 Å². The van der Waals surface area contributed by atoms with E-state index in [0.717, 1.165) is 16.5 Å². The van der Waals surface area contributed by atoms with Crippen LogP contribution in [0.25, 0.3) is 10.8 Å². The molecule has 0 heterocycles. The second-order valence-electron chi connectivity index (χ2n) is 7.07. The van der Waals surface area contributed by atoms with Gasteiger partial charge >= 0.3 is 29.6 Å². The third-order valence-electron chi connectivity index (χ3n) is 4.31. The Labute approximate surface area is 167 Å². The number of fused-ring (bicyclic) bond motifs is 1. The van der Waals surface area contributed by atoms with Gasteiger partial charge < -0.3 is 4.55 Å². The zero-order valence-corrected chi connectivity index (χ0v) is 18.5. The molecule has 24 heavy (non-hydrogen) atoms. The summed E-state index contributed by atoms with van der Waals surface area (Å²) >= 11 is 0. The van der Waals surface area contributed by atoms with E-state index in [4.69, 9.17) is 0 Å². The molecule has 0 amide bonds. The van der Waals surface area contributed by atoms with Gasteiger partial charge in [-0.3, -0.25) is 0 Å². The van der Waals surface area contributed by atoms with E-state index in [1.807, 2.05) is 39.8 Å². The standard InChI is InChI=1S/C19H26O3S.Na/c1-11(2)15-9-7-14-8-10-16(12(3)4)19(23(20,21)22)18(14)17(15)13(5)6;/h7-13H,1-6H3,(H,20,21,22);/q;+1/p-1. The largest absolute Gasteiger partial charge is 1.00 e. The van der Waals surface area contributed by atoms with Crippen LogP contribution in [-0.4, -0.2) is 13.0 Å². The molecule has 0 aliphatic rings. The molecule has 2 aromatic carbocycles. The van der Waals surface area contributed by atoms with Crippen LogP contribution in [0.1, 0.15) is 76.0 Å². The van der Waals surface area contributed by atoms with Crippen LogP contribution in [0.2, 0.25) is 0 Å². The Hall–Kier alpha value is -0.390. The molecule has 0 atom stereocenters. The van der Waals surface area contributed by atoms with Gasteiger partial charge in [0.2, 0.25) is 0 Å². The molecular formula is C19H25NaO3S. The molecule has 2 aromatic rings. The van der Waals surface area contributed by atoms with Crippen molar-refractivity contribution in [2.45, 2.75) is 64.2 Å². The monoisotopic (exact) mass is 356 g/mol. The molecule has 0 unspecified atom stereocenters. The van der Waals surface area contributed by atoms with E-state index in [0.29, 0.717) is 10.9 Å². The number of benzene rings is 2. The number of rotatable bonds is 4. The fourth-order valence-electron chi connectivity index (χ4n) is 3.29. The molecule has 3 nitrogen and oxygen atoms in total. The molecule has 2 rings (SSSR count). The summed E-state index contributed by atoms with van der Waals surface area (Å²) in [5, 5.41) is 1.43. The summed E-state index contributed by atoms with van der Waals surface area (Å²) in [6, 6.07) is 7.68. The van der Waals surface area contributed by atoms with Crippen LogP contribution in [0.3, 0.4) is 0 Å². The van der Waals surface area contributed by atoms with Gasteiger partial charge in [0.1, 0.15) is 10.1 Å². The molecule has 0 aliphatic heterocycles. The van der Waals surface area contributed by atoms with Crippen LogP contribution in [0.4, 0.5) is 0 Å². The van der Waals surface area contributed by atoms with Gasteiger partial charge in [0.05, 0.1) is 4.90 Å². The molecule has 0 fully saturated rings. The first-order valence-electron chi connectivity index (χ1n) is 8.11. The minimum absolute atomic E-state index is 0. The van der Waals surface area contributed by atoms with E-state index in [2.05, 4.69) is 19.9 Å². The van der Waals surface area contributed by atoms with Crippen molar-refractivity contribution in [2.24, 2.45) is 0 Å². The van der Waals surface area contributed by atoms with Crippen molar-refractivity contribution in [2.75, 3.05) is 0 Å². The Morgan fingerprint density at radius 2 is 1.25 bits per heavy atom. The maximum Gasteiger partial charge on any atom is 1.00 e. The van der Waals surface area contributed by atoms with Crippen molar-refractivity contribution in [3.63, 3.8) is 0 Å². The fourth-order valence-corrected chi connectivity index (χ4v) is 4.36. The molecule has 0 spiro atoms. The predicted molar refractivity (Wildman–Crippen MR) is 94.2 cm³/mol. The molecule has 0 bridgehead atoms. The molecule has 0 saturated heterocycles. The van der Waals surface area contributed by atoms with E-state index in [-0.39, 0.29) is 52.2 Å². The zero-order chi connectivity index (χ0) is 17.5. The fraction of sp³-hybridized carbons (Fsp3) is 0.474. The normalized spacial score (nSPS) is 12.2. The van der Waals surface area contributed by atoms with Gasteiger partial charge in [0, 0.05) is 5.39 Å². The quantitative estimate of drug-likeness (QED) is 0.623. The van der Waals surface area contributed by atoms with Crippen molar-refractivity contribution < 1.29 is 42.5 Å². The number of hydrogen-bond acceptors (Lipinski definition) is 3. The van der Waals surface area contributed by atoms with Crippen LogP contribution in [0.5, 0.6) is 0 Å². The van der Waals surface area contributed by atoms with Crippen LogP contribution in [0, 0.1) is 0 Å². The summed E-state index contributed by atoms with van der Waals surface area (Å²) < 4.78 is 36.2. The van der Waals surface area contributed by atoms with Crippen LogP contribution in [0.15, 0.2) is 29.2 Å². The summed E-state index contributed by atoms with van der Waals surface area (Å²) in [4.78, 5) is -0.0313. The van der Waals surface area contributed by atoms with E-state index < -0.39 is 10.1 Å². The first kappa shape index (κ1) is 21.7. The summed E-state index contributed by atoms with van der Waals surface area (Å²) in [7, 11) is -4.55. The van der Waals surface area contributed by atoms with E-state index in [1.165, 1.54) is 0 Å². The Kier molecular flexibility index (Phi) is 7.11. The Balaban J connectivity index is 0.00000288. The van der Waals surface area contributed by atoms with E-state index in [9.17, 15) is 13.0 Å².